The minimum atomic E-state index is -0.201. The van der Waals surface area contributed by atoms with Crippen LogP contribution in [0.25, 0.3) is 11.0 Å². The third kappa shape index (κ3) is 1.43. The van der Waals surface area contributed by atoms with Crippen LogP contribution in [0.4, 0.5) is 0 Å². The van der Waals surface area contributed by atoms with Crippen molar-refractivity contribution in [3.05, 3.63) is 36.1 Å². The van der Waals surface area contributed by atoms with Gasteiger partial charge in [0.15, 0.2) is 0 Å². The van der Waals surface area contributed by atoms with Crippen LogP contribution in [0.15, 0.2) is 34.7 Å². The van der Waals surface area contributed by atoms with Crippen molar-refractivity contribution >= 4 is 11.0 Å². The summed E-state index contributed by atoms with van der Waals surface area (Å²) < 4.78 is 5.52. The third-order valence-electron chi connectivity index (χ3n) is 2.06. The summed E-state index contributed by atoms with van der Waals surface area (Å²) in [4.78, 5) is 0. The molecule has 3 heteroatoms. The molecule has 0 unspecified atom stereocenters. The average Bonchev–Trinajstić information content (AvgIpc) is 2.59. The lowest BCUT2D eigenvalue weighted by molar-refractivity contribution is 0.500. The van der Waals surface area contributed by atoms with E-state index in [1.54, 1.807) is 0 Å². The van der Waals surface area contributed by atoms with Crippen molar-refractivity contribution in [2.24, 2.45) is 11.5 Å². The summed E-state index contributed by atoms with van der Waals surface area (Å²) in [6.07, 6.45) is 0. The molecule has 3 nitrogen and oxygen atoms in total. The van der Waals surface area contributed by atoms with Gasteiger partial charge in [-0.2, -0.15) is 0 Å². The molecule has 2 rings (SSSR count). The minimum absolute atomic E-state index is 0.201. The van der Waals surface area contributed by atoms with Crippen molar-refractivity contribution in [1.29, 1.82) is 0 Å². The number of rotatable bonds is 2. The Morgan fingerprint density at radius 1 is 1.31 bits per heavy atom. The smallest absolute Gasteiger partial charge is 0.134 e. The highest BCUT2D eigenvalue weighted by molar-refractivity contribution is 5.77. The third-order valence-corrected chi connectivity index (χ3v) is 2.06. The van der Waals surface area contributed by atoms with Crippen LogP contribution < -0.4 is 11.5 Å². The Morgan fingerprint density at radius 3 is 2.77 bits per heavy atom. The van der Waals surface area contributed by atoms with Gasteiger partial charge >= 0.3 is 0 Å². The molecule has 0 fully saturated rings. The number of hydrogen-bond donors (Lipinski definition) is 2. The van der Waals surface area contributed by atoms with Gasteiger partial charge in [0.05, 0.1) is 6.04 Å². The molecular formula is C10H12N2O. The van der Waals surface area contributed by atoms with E-state index in [0.29, 0.717) is 6.54 Å². The number of benzene rings is 1. The fourth-order valence-electron chi connectivity index (χ4n) is 1.30. The molecule has 0 saturated carbocycles. The van der Waals surface area contributed by atoms with Crippen molar-refractivity contribution in [3.8, 4) is 0 Å². The number of para-hydroxylation sites is 1. The van der Waals surface area contributed by atoms with Crippen molar-refractivity contribution in [2.45, 2.75) is 6.04 Å². The summed E-state index contributed by atoms with van der Waals surface area (Å²) in [7, 11) is 0. The quantitative estimate of drug-likeness (QED) is 0.726. The lowest BCUT2D eigenvalue weighted by Gasteiger charge is -2.02. The zero-order chi connectivity index (χ0) is 9.26. The maximum absolute atomic E-state index is 5.74. The van der Waals surface area contributed by atoms with E-state index in [9.17, 15) is 0 Å². The Bertz CT molecular complexity index is 375. The molecule has 0 aliphatic rings. The first-order valence-electron chi connectivity index (χ1n) is 4.25. The number of fused-ring (bicyclic) bond motifs is 1. The number of furan rings is 1. The highest BCUT2D eigenvalue weighted by Crippen LogP contribution is 2.21. The largest absolute Gasteiger partial charge is 0.459 e. The van der Waals surface area contributed by atoms with Crippen molar-refractivity contribution in [3.63, 3.8) is 0 Å². The van der Waals surface area contributed by atoms with Gasteiger partial charge in [0.1, 0.15) is 11.3 Å². The Kier molecular flexibility index (Phi) is 2.04. The maximum Gasteiger partial charge on any atom is 0.134 e. The standard InChI is InChI=1S/C10H12N2O/c11-6-8(12)10-5-7-3-1-2-4-9(7)13-10/h1-5,8H,6,11-12H2/t8-/m1/s1. The van der Waals surface area contributed by atoms with Gasteiger partial charge in [0.25, 0.3) is 0 Å². The summed E-state index contributed by atoms with van der Waals surface area (Å²) >= 11 is 0. The van der Waals surface area contributed by atoms with Gasteiger partial charge < -0.3 is 15.9 Å². The zero-order valence-corrected chi connectivity index (χ0v) is 7.23. The number of nitrogens with two attached hydrogens (primary N) is 2. The lowest BCUT2D eigenvalue weighted by atomic mass is 10.2. The van der Waals surface area contributed by atoms with Crippen LogP contribution in [-0.2, 0) is 0 Å². The molecule has 4 N–H and O–H groups in total. The molecule has 0 radical (unpaired) electrons. The van der Waals surface area contributed by atoms with Gasteiger partial charge in [-0.3, -0.25) is 0 Å². The Hall–Kier alpha value is -1.32. The van der Waals surface area contributed by atoms with E-state index in [2.05, 4.69) is 0 Å². The predicted octanol–water partition coefficient (Wildman–Crippen LogP) is 1.39. The molecular weight excluding hydrogens is 164 g/mol. The van der Waals surface area contributed by atoms with Crippen molar-refractivity contribution in [1.82, 2.24) is 0 Å². The van der Waals surface area contributed by atoms with Gasteiger partial charge in [-0.25, -0.2) is 0 Å². The first-order valence-corrected chi connectivity index (χ1v) is 4.25. The van der Waals surface area contributed by atoms with Crippen LogP contribution in [0.1, 0.15) is 11.8 Å². The van der Waals surface area contributed by atoms with Crippen LogP contribution in [0.5, 0.6) is 0 Å². The van der Waals surface area contributed by atoms with Crippen LogP contribution in [0.2, 0.25) is 0 Å². The van der Waals surface area contributed by atoms with E-state index in [4.69, 9.17) is 15.9 Å². The van der Waals surface area contributed by atoms with Crippen molar-refractivity contribution in [2.75, 3.05) is 6.54 Å². The Morgan fingerprint density at radius 2 is 2.08 bits per heavy atom. The minimum Gasteiger partial charge on any atom is -0.459 e. The van der Waals surface area contributed by atoms with E-state index in [-0.39, 0.29) is 6.04 Å². The van der Waals surface area contributed by atoms with Gasteiger partial charge in [-0.05, 0) is 12.1 Å². The molecule has 0 amide bonds. The molecule has 0 spiro atoms. The van der Waals surface area contributed by atoms with Crippen LogP contribution >= 0.6 is 0 Å². The van der Waals surface area contributed by atoms with Gasteiger partial charge in [-0.15, -0.1) is 0 Å². The second-order valence-electron chi connectivity index (χ2n) is 3.03. The summed E-state index contributed by atoms with van der Waals surface area (Å²) in [5.74, 6) is 0.753. The molecule has 1 aromatic carbocycles. The van der Waals surface area contributed by atoms with E-state index in [1.165, 1.54) is 0 Å². The molecule has 0 bridgehead atoms. The second kappa shape index (κ2) is 3.20. The Balaban J connectivity index is 2.49. The molecule has 1 atom stereocenters. The van der Waals surface area contributed by atoms with Gasteiger partial charge in [0, 0.05) is 11.9 Å². The lowest BCUT2D eigenvalue weighted by Crippen LogP contribution is -2.19. The first kappa shape index (κ1) is 8.29. The molecule has 2 aromatic rings. The first-order chi connectivity index (χ1) is 6.31. The number of hydrogen-bond acceptors (Lipinski definition) is 3. The predicted molar refractivity (Wildman–Crippen MR) is 52.2 cm³/mol. The molecule has 0 saturated heterocycles. The molecule has 0 aliphatic heterocycles. The summed E-state index contributed by atoms with van der Waals surface area (Å²) in [6, 6.07) is 9.55. The SMILES string of the molecule is NC[C@@H](N)c1cc2ccccc2o1. The van der Waals surface area contributed by atoms with E-state index in [1.807, 2.05) is 30.3 Å². The average molecular weight is 176 g/mol. The summed E-state index contributed by atoms with van der Waals surface area (Å²) in [6.45, 7) is 0.403. The second-order valence-corrected chi connectivity index (χ2v) is 3.03. The molecule has 0 aliphatic carbocycles. The molecule has 13 heavy (non-hydrogen) atoms. The van der Waals surface area contributed by atoms with E-state index < -0.39 is 0 Å². The zero-order valence-electron chi connectivity index (χ0n) is 7.23. The maximum atomic E-state index is 5.74. The van der Waals surface area contributed by atoms with Crippen molar-refractivity contribution < 1.29 is 4.42 Å². The summed E-state index contributed by atoms with van der Waals surface area (Å²) in [5, 5.41) is 1.07. The topological polar surface area (TPSA) is 65.2 Å². The fraction of sp³-hybridized carbons (Fsp3) is 0.200. The van der Waals surface area contributed by atoms with E-state index >= 15 is 0 Å². The fourth-order valence-corrected chi connectivity index (χ4v) is 1.30. The molecule has 1 heterocycles. The Labute approximate surface area is 76.3 Å². The van der Waals surface area contributed by atoms with Crippen LogP contribution in [0, 0.1) is 0 Å². The molecule has 68 valence electrons. The van der Waals surface area contributed by atoms with Gasteiger partial charge in [-0.1, -0.05) is 18.2 Å². The highest BCUT2D eigenvalue weighted by Gasteiger charge is 2.09. The normalized spacial score (nSPS) is 13.4. The molecule has 1 aromatic heterocycles. The highest BCUT2D eigenvalue weighted by atomic mass is 16.3. The van der Waals surface area contributed by atoms with E-state index in [0.717, 1.165) is 16.7 Å². The monoisotopic (exact) mass is 176 g/mol. The van der Waals surface area contributed by atoms with Gasteiger partial charge in [0.2, 0.25) is 0 Å². The van der Waals surface area contributed by atoms with Crippen LogP contribution in [-0.4, -0.2) is 6.54 Å². The van der Waals surface area contributed by atoms with Crippen LogP contribution in [0.3, 0.4) is 0 Å². The summed E-state index contributed by atoms with van der Waals surface area (Å²) in [5.41, 5.74) is 12.0.